The van der Waals surface area contributed by atoms with Gasteiger partial charge in [-0.1, -0.05) is 6.07 Å². The second-order valence-electron chi connectivity index (χ2n) is 3.85. The van der Waals surface area contributed by atoms with E-state index in [1.165, 1.54) is 0 Å². The third kappa shape index (κ3) is 3.47. The molecule has 78 valence electrons. The molecular formula is C10H15NO2S. The van der Waals surface area contributed by atoms with Crippen molar-refractivity contribution in [2.45, 2.75) is 25.8 Å². The zero-order valence-corrected chi connectivity index (χ0v) is 9.23. The number of carbonyl (C=O) groups excluding carboxylic acids is 1. The Morgan fingerprint density at radius 2 is 2.36 bits per heavy atom. The van der Waals surface area contributed by atoms with Gasteiger partial charge in [0.15, 0.2) is 0 Å². The number of aliphatic hydroxyl groups excluding tert-OH is 1. The Hall–Kier alpha value is -0.870. The maximum absolute atomic E-state index is 11.5. The van der Waals surface area contributed by atoms with Crippen LogP contribution in [0.1, 0.15) is 18.7 Å². The molecule has 0 aromatic carbocycles. The van der Waals surface area contributed by atoms with Crippen LogP contribution in [0.15, 0.2) is 17.5 Å². The maximum Gasteiger partial charge on any atom is 0.225 e. The first-order valence-electron chi connectivity index (χ1n) is 4.48. The van der Waals surface area contributed by atoms with Crippen molar-refractivity contribution in [3.8, 4) is 0 Å². The minimum Gasteiger partial charge on any atom is -0.394 e. The largest absolute Gasteiger partial charge is 0.394 e. The second kappa shape index (κ2) is 4.57. The summed E-state index contributed by atoms with van der Waals surface area (Å²) < 4.78 is 0. The molecule has 0 atom stereocenters. The van der Waals surface area contributed by atoms with Gasteiger partial charge in [-0.3, -0.25) is 4.79 Å². The average molecular weight is 213 g/mol. The molecule has 0 unspecified atom stereocenters. The maximum atomic E-state index is 11.5. The van der Waals surface area contributed by atoms with Gasteiger partial charge < -0.3 is 10.4 Å². The van der Waals surface area contributed by atoms with Gasteiger partial charge in [0.1, 0.15) is 0 Å². The van der Waals surface area contributed by atoms with E-state index < -0.39 is 5.54 Å². The fourth-order valence-electron chi connectivity index (χ4n) is 1.03. The van der Waals surface area contributed by atoms with Gasteiger partial charge in [0.2, 0.25) is 5.91 Å². The highest BCUT2D eigenvalue weighted by Gasteiger charge is 2.18. The van der Waals surface area contributed by atoms with E-state index in [4.69, 9.17) is 5.11 Å². The summed E-state index contributed by atoms with van der Waals surface area (Å²) in [5.41, 5.74) is -0.533. The smallest absolute Gasteiger partial charge is 0.225 e. The lowest BCUT2D eigenvalue weighted by atomic mass is 10.1. The topological polar surface area (TPSA) is 49.3 Å². The number of amides is 1. The van der Waals surface area contributed by atoms with Crippen molar-refractivity contribution in [1.29, 1.82) is 0 Å². The van der Waals surface area contributed by atoms with Crippen LogP contribution in [0.25, 0.3) is 0 Å². The zero-order chi connectivity index (χ0) is 10.6. The van der Waals surface area contributed by atoms with Gasteiger partial charge in [-0.2, -0.15) is 0 Å². The number of thiophene rings is 1. The van der Waals surface area contributed by atoms with Crippen LogP contribution < -0.4 is 5.32 Å². The Bertz CT molecular complexity index is 293. The molecule has 0 radical (unpaired) electrons. The summed E-state index contributed by atoms with van der Waals surface area (Å²) in [6.45, 7) is 3.53. The third-order valence-electron chi connectivity index (χ3n) is 1.79. The first-order chi connectivity index (χ1) is 6.53. The highest BCUT2D eigenvalue weighted by molar-refractivity contribution is 7.10. The number of nitrogens with one attached hydrogen (secondary N) is 1. The average Bonchev–Trinajstić information content (AvgIpc) is 2.55. The molecule has 1 amide bonds. The minimum absolute atomic E-state index is 0.0495. The molecular weight excluding hydrogens is 198 g/mol. The third-order valence-corrected chi connectivity index (χ3v) is 2.66. The lowest BCUT2D eigenvalue weighted by Crippen LogP contribution is -2.46. The molecule has 1 aromatic heterocycles. The van der Waals surface area contributed by atoms with Crippen LogP contribution in [0.5, 0.6) is 0 Å². The van der Waals surface area contributed by atoms with Crippen LogP contribution in [0.3, 0.4) is 0 Å². The van der Waals surface area contributed by atoms with E-state index in [2.05, 4.69) is 5.32 Å². The van der Waals surface area contributed by atoms with Gasteiger partial charge >= 0.3 is 0 Å². The normalized spacial score (nSPS) is 11.4. The van der Waals surface area contributed by atoms with E-state index in [0.29, 0.717) is 6.42 Å². The molecule has 0 spiro atoms. The molecule has 0 saturated heterocycles. The van der Waals surface area contributed by atoms with Crippen LogP contribution >= 0.6 is 11.3 Å². The van der Waals surface area contributed by atoms with Crippen molar-refractivity contribution in [2.24, 2.45) is 0 Å². The quantitative estimate of drug-likeness (QED) is 0.789. The molecule has 0 fully saturated rings. The Morgan fingerprint density at radius 1 is 1.64 bits per heavy atom. The first-order valence-corrected chi connectivity index (χ1v) is 5.36. The Morgan fingerprint density at radius 3 is 2.86 bits per heavy atom. The van der Waals surface area contributed by atoms with Crippen LogP contribution in [-0.4, -0.2) is 23.2 Å². The predicted octanol–water partition coefficient (Wildman–Crippen LogP) is 1.18. The van der Waals surface area contributed by atoms with Gasteiger partial charge in [-0.15, -0.1) is 11.3 Å². The first kappa shape index (κ1) is 11.2. The van der Waals surface area contributed by atoms with Crippen molar-refractivity contribution in [1.82, 2.24) is 5.32 Å². The fraction of sp³-hybridized carbons (Fsp3) is 0.500. The van der Waals surface area contributed by atoms with Crippen LogP contribution in [-0.2, 0) is 11.2 Å². The minimum atomic E-state index is -0.533. The summed E-state index contributed by atoms with van der Waals surface area (Å²) in [5.74, 6) is -0.0495. The summed E-state index contributed by atoms with van der Waals surface area (Å²) >= 11 is 1.56. The molecule has 0 aliphatic carbocycles. The number of hydrogen-bond acceptors (Lipinski definition) is 3. The molecule has 0 saturated carbocycles. The molecule has 0 bridgehead atoms. The second-order valence-corrected chi connectivity index (χ2v) is 4.88. The molecule has 0 aliphatic rings. The summed E-state index contributed by atoms with van der Waals surface area (Å²) in [4.78, 5) is 12.5. The van der Waals surface area contributed by atoms with Gasteiger partial charge in [-0.05, 0) is 25.3 Å². The number of rotatable bonds is 4. The fourth-order valence-corrected chi connectivity index (χ4v) is 1.74. The SMILES string of the molecule is CC(C)(CO)NC(=O)Cc1cccs1. The number of carbonyl (C=O) groups is 1. The summed E-state index contributed by atoms with van der Waals surface area (Å²) in [6.07, 6.45) is 0.390. The monoisotopic (exact) mass is 213 g/mol. The van der Waals surface area contributed by atoms with E-state index in [0.717, 1.165) is 4.88 Å². The van der Waals surface area contributed by atoms with Crippen molar-refractivity contribution < 1.29 is 9.90 Å². The van der Waals surface area contributed by atoms with Crippen LogP contribution in [0, 0.1) is 0 Å². The van der Waals surface area contributed by atoms with E-state index >= 15 is 0 Å². The lowest BCUT2D eigenvalue weighted by Gasteiger charge is -2.23. The van der Waals surface area contributed by atoms with E-state index in [-0.39, 0.29) is 12.5 Å². The van der Waals surface area contributed by atoms with Crippen molar-refractivity contribution >= 4 is 17.2 Å². The Labute approximate surface area is 87.8 Å². The molecule has 0 aliphatic heterocycles. The molecule has 4 heteroatoms. The van der Waals surface area contributed by atoms with Gasteiger partial charge in [0.05, 0.1) is 18.6 Å². The van der Waals surface area contributed by atoms with Crippen molar-refractivity contribution in [3.63, 3.8) is 0 Å². The van der Waals surface area contributed by atoms with E-state index in [1.807, 2.05) is 17.5 Å². The van der Waals surface area contributed by atoms with E-state index in [9.17, 15) is 4.79 Å². The Kier molecular flexibility index (Phi) is 3.66. The van der Waals surface area contributed by atoms with Gasteiger partial charge in [0.25, 0.3) is 0 Å². The van der Waals surface area contributed by atoms with Gasteiger partial charge in [0, 0.05) is 4.88 Å². The van der Waals surface area contributed by atoms with Crippen LogP contribution in [0.2, 0.25) is 0 Å². The molecule has 3 nitrogen and oxygen atoms in total. The highest BCUT2D eigenvalue weighted by atomic mass is 32.1. The summed E-state index contributed by atoms with van der Waals surface area (Å²) in [5, 5.41) is 13.7. The van der Waals surface area contributed by atoms with Crippen molar-refractivity contribution in [2.75, 3.05) is 6.61 Å². The van der Waals surface area contributed by atoms with E-state index in [1.54, 1.807) is 25.2 Å². The number of aliphatic hydroxyl groups is 1. The molecule has 1 rings (SSSR count). The van der Waals surface area contributed by atoms with Gasteiger partial charge in [-0.25, -0.2) is 0 Å². The summed E-state index contributed by atoms with van der Waals surface area (Å²) in [6, 6.07) is 3.85. The standard InChI is InChI=1S/C10H15NO2S/c1-10(2,7-12)11-9(13)6-8-4-3-5-14-8/h3-5,12H,6-7H2,1-2H3,(H,11,13). The zero-order valence-electron chi connectivity index (χ0n) is 8.41. The summed E-state index contributed by atoms with van der Waals surface area (Å²) in [7, 11) is 0. The van der Waals surface area contributed by atoms with Crippen molar-refractivity contribution in [3.05, 3.63) is 22.4 Å². The molecule has 2 N–H and O–H groups in total. The van der Waals surface area contributed by atoms with Crippen LogP contribution in [0.4, 0.5) is 0 Å². The molecule has 14 heavy (non-hydrogen) atoms. The Balaban J connectivity index is 2.44. The predicted molar refractivity (Wildman–Crippen MR) is 57.3 cm³/mol. The lowest BCUT2D eigenvalue weighted by molar-refractivity contribution is -0.122. The molecule has 1 heterocycles. The highest BCUT2D eigenvalue weighted by Crippen LogP contribution is 2.09. The number of hydrogen-bond donors (Lipinski definition) is 2. The molecule has 1 aromatic rings.